The molecule has 1 N–H and O–H groups in total. The maximum absolute atomic E-state index is 12.7. The number of fused-ring (bicyclic) bond motifs is 3. The van der Waals surface area contributed by atoms with Crippen LogP contribution in [-0.2, 0) is 14.8 Å². The van der Waals surface area contributed by atoms with Crippen LogP contribution in [0.15, 0.2) is 76.0 Å². The maximum Gasteiger partial charge on any atom is 0.262 e. The fourth-order valence-electron chi connectivity index (χ4n) is 3.95. The molecule has 0 radical (unpaired) electrons. The number of carbonyl (C=O) groups excluding carboxylic acids is 1. The summed E-state index contributed by atoms with van der Waals surface area (Å²) >= 11 is 0. The van der Waals surface area contributed by atoms with Gasteiger partial charge in [-0.15, -0.1) is 0 Å². The van der Waals surface area contributed by atoms with E-state index in [2.05, 4.69) is 5.32 Å². The van der Waals surface area contributed by atoms with Crippen molar-refractivity contribution in [1.82, 2.24) is 4.31 Å². The molecule has 3 aromatic carbocycles. The average Bonchev–Trinajstić information content (AvgIpc) is 3.46. The molecule has 32 heavy (non-hydrogen) atoms. The summed E-state index contributed by atoms with van der Waals surface area (Å²) in [6.45, 7) is 0.858. The molecule has 7 nitrogen and oxygen atoms in total. The second-order valence-electron chi connectivity index (χ2n) is 7.73. The predicted molar refractivity (Wildman–Crippen MR) is 122 cm³/mol. The Morgan fingerprint density at radius 1 is 0.938 bits per heavy atom. The largest absolute Gasteiger partial charge is 0.484 e. The van der Waals surface area contributed by atoms with Crippen LogP contribution in [0.5, 0.6) is 5.75 Å². The molecule has 1 amide bonds. The number of ether oxygens (including phenoxy) is 1. The van der Waals surface area contributed by atoms with Gasteiger partial charge in [-0.3, -0.25) is 4.79 Å². The number of nitrogens with zero attached hydrogens (tertiary/aromatic N) is 1. The molecule has 0 atom stereocenters. The summed E-state index contributed by atoms with van der Waals surface area (Å²) in [6.07, 6.45) is 1.74. The van der Waals surface area contributed by atoms with Crippen LogP contribution in [0.3, 0.4) is 0 Å². The van der Waals surface area contributed by atoms with Gasteiger partial charge in [-0.25, -0.2) is 8.42 Å². The Morgan fingerprint density at radius 2 is 1.72 bits per heavy atom. The first-order chi connectivity index (χ1) is 15.5. The van der Waals surface area contributed by atoms with Gasteiger partial charge in [0, 0.05) is 29.5 Å². The molecule has 0 saturated carbocycles. The first kappa shape index (κ1) is 20.5. The zero-order valence-electron chi connectivity index (χ0n) is 17.3. The number of carbonyl (C=O) groups is 1. The Labute approximate surface area is 185 Å². The number of anilines is 1. The number of sulfonamides is 1. The number of furan rings is 1. The fraction of sp³-hybridized carbons (Fsp3) is 0.208. The standard InChI is InChI=1S/C24H22N2O5S/c27-24(25-17-6-5-7-19(14-17)32(28,29)26-12-3-4-13-26)16-30-18-10-11-23-21(15-18)20-8-1-2-9-22(20)31-23/h1-2,5-11,14-15H,3-4,12-13,16H2,(H,25,27). The van der Waals surface area contributed by atoms with Crippen LogP contribution in [0.4, 0.5) is 5.69 Å². The van der Waals surface area contributed by atoms with E-state index in [1.54, 1.807) is 24.3 Å². The molecule has 1 aliphatic heterocycles. The first-order valence-corrected chi connectivity index (χ1v) is 11.9. The van der Waals surface area contributed by atoms with Crippen molar-refractivity contribution in [3.63, 3.8) is 0 Å². The van der Waals surface area contributed by atoms with Gasteiger partial charge in [0.15, 0.2) is 6.61 Å². The normalized spacial score (nSPS) is 14.8. The van der Waals surface area contributed by atoms with Crippen molar-refractivity contribution in [2.45, 2.75) is 17.7 Å². The molecule has 1 aromatic heterocycles. The van der Waals surface area contributed by atoms with Crippen molar-refractivity contribution >= 4 is 43.6 Å². The number of hydrogen-bond donors (Lipinski definition) is 1. The molecule has 1 saturated heterocycles. The minimum Gasteiger partial charge on any atom is -0.484 e. The number of rotatable bonds is 6. The number of benzene rings is 3. The van der Waals surface area contributed by atoms with Crippen LogP contribution in [0.2, 0.25) is 0 Å². The van der Waals surface area contributed by atoms with Gasteiger partial charge in [-0.05, 0) is 55.3 Å². The maximum atomic E-state index is 12.7. The van der Waals surface area contributed by atoms with Gasteiger partial charge in [-0.1, -0.05) is 24.3 Å². The second kappa shape index (κ2) is 8.29. The molecule has 0 bridgehead atoms. The van der Waals surface area contributed by atoms with Crippen molar-refractivity contribution in [3.8, 4) is 5.75 Å². The molecule has 164 valence electrons. The first-order valence-electron chi connectivity index (χ1n) is 10.4. The zero-order chi connectivity index (χ0) is 22.1. The third kappa shape index (κ3) is 3.94. The summed E-state index contributed by atoms with van der Waals surface area (Å²) < 4.78 is 38.4. The fourth-order valence-corrected chi connectivity index (χ4v) is 5.52. The Kier molecular flexibility index (Phi) is 5.32. The van der Waals surface area contributed by atoms with Crippen molar-refractivity contribution in [2.24, 2.45) is 0 Å². The van der Waals surface area contributed by atoms with Crippen molar-refractivity contribution in [2.75, 3.05) is 25.0 Å². The molecule has 0 aliphatic carbocycles. The molecule has 8 heteroatoms. The van der Waals surface area contributed by atoms with Crippen LogP contribution in [0.25, 0.3) is 21.9 Å². The molecule has 1 fully saturated rings. The zero-order valence-corrected chi connectivity index (χ0v) is 18.1. The van der Waals surface area contributed by atoms with E-state index in [4.69, 9.17) is 9.15 Å². The summed E-state index contributed by atoms with van der Waals surface area (Å²) in [4.78, 5) is 12.6. The van der Waals surface area contributed by atoms with E-state index in [1.165, 1.54) is 10.4 Å². The van der Waals surface area contributed by atoms with E-state index in [-0.39, 0.29) is 17.4 Å². The number of amides is 1. The highest BCUT2D eigenvalue weighted by atomic mass is 32.2. The third-order valence-electron chi connectivity index (χ3n) is 5.54. The van der Waals surface area contributed by atoms with Gasteiger partial charge in [0.2, 0.25) is 10.0 Å². The number of nitrogens with one attached hydrogen (secondary N) is 1. The van der Waals surface area contributed by atoms with E-state index >= 15 is 0 Å². The Morgan fingerprint density at radius 3 is 2.56 bits per heavy atom. The Hall–Kier alpha value is -3.36. The van der Waals surface area contributed by atoms with Gasteiger partial charge in [-0.2, -0.15) is 4.31 Å². The molecule has 0 unspecified atom stereocenters. The molecular formula is C24H22N2O5S. The SMILES string of the molecule is O=C(COc1ccc2oc3ccccc3c2c1)Nc1cccc(S(=O)(=O)N2CCCC2)c1. The van der Waals surface area contributed by atoms with Gasteiger partial charge in [0.25, 0.3) is 5.91 Å². The van der Waals surface area contributed by atoms with Gasteiger partial charge in [0.05, 0.1) is 4.90 Å². The minimum absolute atomic E-state index is 0.176. The second-order valence-corrected chi connectivity index (χ2v) is 9.67. The van der Waals surface area contributed by atoms with Crippen LogP contribution in [0, 0.1) is 0 Å². The van der Waals surface area contributed by atoms with Crippen molar-refractivity contribution in [3.05, 3.63) is 66.7 Å². The van der Waals surface area contributed by atoms with Crippen LogP contribution >= 0.6 is 0 Å². The van der Waals surface area contributed by atoms with Gasteiger partial charge in [0.1, 0.15) is 16.9 Å². The summed E-state index contributed by atoms with van der Waals surface area (Å²) in [5, 5.41) is 4.61. The Bertz CT molecular complexity index is 1400. The highest BCUT2D eigenvalue weighted by molar-refractivity contribution is 7.89. The van der Waals surface area contributed by atoms with E-state index in [1.807, 2.05) is 36.4 Å². The molecule has 1 aliphatic rings. The van der Waals surface area contributed by atoms with Gasteiger partial charge >= 0.3 is 0 Å². The van der Waals surface area contributed by atoms with E-state index in [0.717, 1.165) is 34.8 Å². The summed E-state index contributed by atoms with van der Waals surface area (Å²) in [5.41, 5.74) is 1.95. The van der Waals surface area contributed by atoms with Crippen molar-refractivity contribution in [1.29, 1.82) is 0 Å². The highest BCUT2D eigenvalue weighted by Gasteiger charge is 2.27. The topological polar surface area (TPSA) is 88.8 Å². The quantitative estimate of drug-likeness (QED) is 0.471. The molecule has 0 spiro atoms. The van der Waals surface area contributed by atoms with Crippen LogP contribution in [-0.4, -0.2) is 38.3 Å². The van der Waals surface area contributed by atoms with Crippen LogP contribution in [0.1, 0.15) is 12.8 Å². The molecular weight excluding hydrogens is 428 g/mol. The van der Waals surface area contributed by atoms with Crippen molar-refractivity contribution < 1.29 is 22.4 Å². The number of hydrogen-bond acceptors (Lipinski definition) is 5. The lowest BCUT2D eigenvalue weighted by molar-refractivity contribution is -0.118. The average molecular weight is 451 g/mol. The Balaban J connectivity index is 1.27. The third-order valence-corrected chi connectivity index (χ3v) is 7.43. The van der Waals surface area contributed by atoms with Crippen LogP contribution < -0.4 is 10.1 Å². The molecule has 4 aromatic rings. The lowest BCUT2D eigenvalue weighted by atomic mass is 10.1. The lowest BCUT2D eigenvalue weighted by Gasteiger charge is -2.16. The summed E-state index contributed by atoms with van der Waals surface area (Å²) in [7, 11) is -3.54. The molecule has 2 heterocycles. The van der Waals surface area contributed by atoms with E-state index in [9.17, 15) is 13.2 Å². The monoisotopic (exact) mass is 450 g/mol. The lowest BCUT2D eigenvalue weighted by Crippen LogP contribution is -2.28. The van der Waals surface area contributed by atoms with E-state index < -0.39 is 10.0 Å². The predicted octanol–water partition coefficient (Wildman–Crippen LogP) is 4.39. The van der Waals surface area contributed by atoms with E-state index in [0.29, 0.717) is 24.5 Å². The highest BCUT2D eigenvalue weighted by Crippen LogP contribution is 2.31. The summed E-state index contributed by atoms with van der Waals surface area (Å²) in [5.74, 6) is 0.169. The summed E-state index contributed by atoms with van der Waals surface area (Å²) in [6, 6.07) is 19.5. The van der Waals surface area contributed by atoms with Gasteiger partial charge < -0.3 is 14.5 Å². The molecule has 5 rings (SSSR count). The number of para-hydroxylation sites is 1. The smallest absolute Gasteiger partial charge is 0.262 e. The minimum atomic E-state index is -3.54.